The van der Waals surface area contributed by atoms with Crippen molar-refractivity contribution in [2.24, 2.45) is 0 Å². The summed E-state index contributed by atoms with van der Waals surface area (Å²) in [6, 6.07) is 2.98. The molecular weight excluding hydrogens is 288 g/mol. The Bertz CT molecular complexity index is 650. The zero-order valence-electron chi connectivity index (χ0n) is 11.6. The Morgan fingerprint density at radius 3 is 2.43 bits per heavy atom. The minimum absolute atomic E-state index is 0.134. The van der Waals surface area contributed by atoms with Crippen molar-refractivity contribution in [1.29, 1.82) is 0 Å². The van der Waals surface area contributed by atoms with E-state index >= 15 is 0 Å². The molecule has 3 rings (SSSR count). The third-order valence-corrected chi connectivity index (χ3v) is 4.47. The average Bonchev–Trinajstić information content (AvgIpc) is 3.07. The lowest BCUT2D eigenvalue weighted by molar-refractivity contribution is -0.136. The number of nitrogens with zero attached hydrogens (tertiary/aromatic N) is 1. The highest BCUT2D eigenvalue weighted by atomic mass is 32.1. The molecule has 1 saturated heterocycles. The molecule has 2 aromatic heterocycles. The van der Waals surface area contributed by atoms with Crippen LogP contribution in [0.5, 0.6) is 0 Å². The molecule has 6 nitrogen and oxygen atoms in total. The van der Waals surface area contributed by atoms with E-state index in [0.29, 0.717) is 12.8 Å². The van der Waals surface area contributed by atoms with Crippen molar-refractivity contribution in [3.8, 4) is 0 Å². The molecule has 3 heterocycles. The van der Waals surface area contributed by atoms with E-state index in [1.807, 2.05) is 19.1 Å². The first-order valence-electron chi connectivity index (χ1n) is 6.75. The molecule has 2 amide bonds. The van der Waals surface area contributed by atoms with Crippen LogP contribution in [0.25, 0.3) is 0 Å². The van der Waals surface area contributed by atoms with Gasteiger partial charge in [0.15, 0.2) is 0 Å². The summed E-state index contributed by atoms with van der Waals surface area (Å²) in [5, 5.41) is 5.60. The van der Waals surface area contributed by atoms with Crippen LogP contribution < -0.4 is 10.6 Å². The first-order valence-corrected chi connectivity index (χ1v) is 7.57. The van der Waals surface area contributed by atoms with Crippen molar-refractivity contribution in [2.75, 3.05) is 0 Å². The zero-order valence-corrected chi connectivity index (χ0v) is 12.4. The Balaban J connectivity index is 1.63. The van der Waals surface area contributed by atoms with Crippen LogP contribution in [0.1, 0.15) is 15.4 Å². The summed E-state index contributed by atoms with van der Waals surface area (Å²) < 4.78 is 0. The van der Waals surface area contributed by atoms with Crippen molar-refractivity contribution in [2.45, 2.75) is 31.8 Å². The number of aromatic amines is 1. The third kappa shape index (κ3) is 3.13. The van der Waals surface area contributed by atoms with Crippen molar-refractivity contribution in [1.82, 2.24) is 20.6 Å². The monoisotopic (exact) mass is 304 g/mol. The number of amides is 2. The van der Waals surface area contributed by atoms with E-state index in [1.165, 1.54) is 4.88 Å². The number of hydrogen-bond donors (Lipinski definition) is 3. The number of nitrogens with one attached hydrogen (secondary N) is 3. The molecule has 0 radical (unpaired) electrons. The molecule has 1 aliphatic heterocycles. The van der Waals surface area contributed by atoms with Crippen LogP contribution in [0.2, 0.25) is 0 Å². The normalized spacial score (nSPS) is 22.0. The van der Waals surface area contributed by atoms with Gasteiger partial charge in [-0.2, -0.15) is 0 Å². The first kappa shape index (κ1) is 13.8. The van der Waals surface area contributed by atoms with Crippen LogP contribution in [0.15, 0.2) is 24.7 Å². The second kappa shape index (κ2) is 5.69. The summed E-state index contributed by atoms with van der Waals surface area (Å²) in [4.78, 5) is 33.4. The highest BCUT2D eigenvalue weighted by Gasteiger charge is 2.33. The molecule has 0 spiro atoms. The number of piperazine rings is 1. The number of rotatable bonds is 4. The van der Waals surface area contributed by atoms with Gasteiger partial charge in [-0.1, -0.05) is 0 Å². The average molecular weight is 304 g/mol. The molecule has 1 aliphatic rings. The minimum atomic E-state index is -0.542. The number of aryl methyl sites for hydroxylation is 1. The molecule has 0 aliphatic carbocycles. The molecule has 0 saturated carbocycles. The van der Waals surface area contributed by atoms with E-state index in [4.69, 9.17) is 0 Å². The Labute approximate surface area is 126 Å². The lowest BCUT2D eigenvalue weighted by Crippen LogP contribution is -2.62. The fourth-order valence-electron chi connectivity index (χ4n) is 2.38. The van der Waals surface area contributed by atoms with Crippen LogP contribution in [0, 0.1) is 6.92 Å². The summed E-state index contributed by atoms with van der Waals surface area (Å²) in [7, 11) is 0. The highest BCUT2D eigenvalue weighted by Crippen LogP contribution is 2.18. The van der Waals surface area contributed by atoms with E-state index < -0.39 is 12.1 Å². The van der Waals surface area contributed by atoms with Gasteiger partial charge >= 0.3 is 0 Å². The molecule has 110 valence electrons. The predicted molar refractivity (Wildman–Crippen MR) is 78.9 cm³/mol. The maximum Gasteiger partial charge on any atom is 0.243 e. The topological polar surface area (TPSA) is 86.9 Å². The van der Waals surface area contributed by atoms with Crippen LogP contribution in [0.3, 0.4) is 0 Å². The van der Waals surface area contributed by atoms with Crippen LogP contribution >= 0.6 is 11.3 Å². The van der Waals surface area contributed by atoms with Gasteiger partial charge in [0.1, 0.15) is 12.1 Å². The standard InChI is InChI=1S/C14H16N4O2S/c1-8-2-3-10(21-8)5-12-14(20)17-11(13(19)18-12)4-9-6-15-7-16-9/h2-3,6-7,11-12H,4-5H2,1H3,(H,15,16)(H,17,20)(H,18,19)/t11-,12-/m0/s1. The number of imidazole rings is 1. The minimum Gasteiger partial charge on any atom is -0.348 e. The maximum atomic E-state index is 12.1. The van der Waals surface area contributed by atoms with Crippen molar-refractivity contribution >= 4 is 23.2 Å². The molecule has 0 bridgehead atoms. The molecule has 7 heteroatoms. The summed E-state index contributed by atoms with van der Waals surface area (Å²) >= 11 is 1.64. The molecule has 0 aromatic carbocycles. The fourth-order valence-corrected chi connectivity index (χ4v) is 3.31. The van der Waals surface area contributed by atoms with Gasteiger partial charge in [0.2, 0.25) is 11.8 Å². The number of hydrogen-bond acceptors (Lipinski definition) is 4. The maximum absolute atomic E-state index is 12.1. The Morgan fingerprint density at radius 1 is 1.14 bits per heavy atom. The third-order valence-electron chi connectivity index (χ3n) is 3.45. The SMILES string of the molecule is Cc1ccc(C[C@@H]2NC(=O)[C@H](Cc3cnc[nH]3)NC2=O)s1. The number of H-pyrrole nitrogens is 1. The number of carbonyl (C=O) groups excluding carboxylic acids is 2. The first-order chi connectivity index (χ1) is 10.1. The molecular formula is C14H16N4O2S. The summed E-state index contributed by atoms with van der Waals surface area (Å²) in [6.07, 6.45) is 4.16. The molecule has 2 aromatic rings. The summed E-state index contributed by atoms with van der Waals surface area (Å²) in [5.74, 6) is -0.285. The number of thiophene rings is 1. The van der Waals surface area contributed by atoms with Gasteiger partial charge in [0.25, 0.3) is 0 Å². The lowest BCUT2D eigenvalue weighted by atomic mass is 10.0. The number of aromatic nitrogens is 2. The largest absolute Gasteiger partial charge is 0.348 e. The van der Waals surface area contributed by atoms with E-state index in [1.54, 1.807) is 23.9 Å². The van der Waals surface area contributed by atoms with Crippen LogP contribution in [-0.4, -0.2) is 33.9 Å². The van der Waals surface area contributed by atoms with Gasteiger partial charge in [-0.15, -0.1) is 11.3 Å². The van der Waals surface area contributed by atoms with Gasteiger partial charge in [-0.05, 0) is 19.1 Å². The Kier molecular flexibility index (Phi) is 3.74. The second-order valence-corrected chi connectivity index (χ2v) is 6.49. The van der Waals surface area contributed by atoms with Gasteiger partial charge < -0.3 is 15.6 Å². The second-order valence-electron chi connectivity index (χ2n) is 5.12. The highest BCUT2D eigenvalue weighted by molar-refractivity contribution is 7.11. The Hall–Kier alpha value is -2.15. The van der Waals surface area contributed by atoms with E-state index in [0.717, 1.165) is 10.6 Å². The zero-order chi connectivity index (χ0) is 14.8. The lowest BCUT2D eigenvalue weighted by Gasteiger charge is -2.29. The van der Waals surface area contributed by atoms with Crippen LogP contribution in [0.4, 0.5) is 0 Å². The van der Waals surface area contributed by atoms with E-state index in [-0.39, 0.29) is 11.8 Å². The molecule has 1 fully saturated rings. The van der Waals surface area contributed by atoms with Crippen molar-refractivity contribution < 1.29 is 9.59 Å². The number of carbonyl (C=O) groups is 2. The van der Waals surface area contributed by atoms with Crippen LogP contribution in [-0.2, 0) is 22.4 Å². The summed E-state index contributed by atoms with van der Waals surface area (Å²) in [5.41, 5.74) is 0.822. The molecule has 2 atom stereocenters. The van der Waals surface area contributed by atoms with E-state index in [2.05, 4.69) is 20.6 Å². The van der Waals surface area contributed by atoms with E-state index in [9.17, 15) is 9.59 Å². The smallest absolute Gasteiger partial charge is 0.243 e. The molecule has 21 heavy (non-hydrogen) atoms. The molecule has 0 unspecified atom stereocenters. The fraction of sp³-hybridized carbons (Fsp3) is 0.357. The van der Waals surface area contributed by atoms with Crippen molar-refractivity contribution in [3.05, 3.63) is 40.1 Å². The van der Waals surface area contributed by atoms with Gasteiger partial charge in [0, 0.05) is 34.5 Å². The van der Waals surface area contributed by atoms with Gasteiger partial charge in [-0.25, -0.2) is 4.98 Å². The quantitative estimate of drug-likeness (QED) is 0.771. The van der Waals surface area contributed by atoms with Crippen molar-refractivity contribution in [3.63, 3.8) is 0 Å². The van der Waals surface area contributed by atoms with Gasteiger partial charge in [-0.3, -0.25) is 9.59 Å². The Morgan fingerprint density at radius 2 is 1.86 bits per heavy atom. The van der Waals surface area contributed by atoms with Gasteiger partial charge in [0.05, 0.1) is 6.33 Å². The predicted octanol–water partition coefficient (Wildman–Crippen LogP) is 0.548. The molecule has 3 N–H and O–H groups in total. The summed E-state index contributed by atoms with van der Waals surface area (Å²) in [6.45, 7) is 2.02.